The summed E-state index contributed by atoms with van der Waals surface area (Å²) < 4.78 is 0. The summed E-state index contributed by atoms with van der Waals surface area (Å²) >= 11 is 0. The highest BCUT2D eigenvalue weighted by Gasteiger charge is 2.43. The number of carbonyl (C=O) groups is 1. The van der Waals surface area contributed by atoms with Gasteiger partial charge in [-0.2, -0.15) is 0 Å². The molecule has 1 amide bonds. The van der Waals surface area contributed by atoms with Crippen molar-refractivity contribution in [2.24, 2.45) is 0 Å². The Hall–Kier alpha value is -2.82. The summed E-state index contributed by atoms with van der Waals surface area (Å²) in [5.74, 6) is 1.26. The number of nitrogens with one attached hydrogen (secondary N) is 1. The molecule has 2 heterocycles. The van der Waals surface area contributed by atoms with Crippen LogP contribution in [0.3, 0.4) is 0 Å². The number of benzene rings is 2. The second kappa shape index (κ2) is 6.84. The quantitative estimate of drug-likeness (QED) is 0.507. The Kier molecular flexibility index (Phi) is 4.78. The number of phenolic OH excluding ortho intramolecular Hbond substituents is 1. The van der Waals surface area contributed by atoms with Crippen molar-refractivity contribution < 1.29 is 9.90 Å². The zero-order valence-corrected chi connectivity index (χ0v) is 20.8. The van der Waals surface area contributed by atoms with Gasteiger partial charge in [0, 0.05) is 23.2 Å². The van der Waals surface area contributed by atoms with E-state index in [4.69, 9.17) is 4.98 Å². The van der Waals surface area contributed by atoms with E-state index in [-0.39, 0.29) is 16.7 Å². The van der Waals surface area contributed by atoms with Gasteiger partial charge in [0.25, 0.3) is 0 Å². The highest BCUT2D eigenvalue weighted by molar-refractivity contribution is 6.09. The summed E-state index contributed by atoms with van der Waals surface area (Å²) in [7, 11) is 0. The molecule has 5 heteroatoms. The van der Waals surface area contributed by atoms with Crippen LogP contribution in [0.5, 0.6) is 5.75 Å². The number of H-pyrrole nitrogens is 1. The van der Waals surface area contributed by atoms with Crippen LogP contribution in [0.1, 0.15) is 79.0 Å². The van der Waals surface area contributed by atoms with Crippen molar-refractivity contribution in [2.45, 2.75) is 78.6 Å². The van der Waals surface area contributed by atoms with Crippen LogP contribution >= 0.6 is 0 Å². The van der Waals surface area contributed by atoms with E-state index in [1.807, 2.05) is 49.9 Å². The lowest BCUT2D eigenvalue weighted by Gasteiger charge is -2.28. The number of aromatic hydroxyl groups is 1. The minimum absolute atomic E-state index is 0.131. The SMILES string of the molecule is CCN1C(=O)C(C)(C)c2cc3nc(-c4cc(C(C)(C)C)c(O)c(C(C)(C)C)c4)[nH]c3cc21. The maximum atomic E-state index is 12.9. The van der Waals surface area contributed by atoms with Crippen molar-refractivity contribution in [3.05, 3.63) is 41.0 Å². The number of aromatic amines is 1. The summed E-state index contributed by atoms with van der Waals surface area (Å²) in [6.45, 7) is 19.3. The summed E-state index contributed by atoms with van der Waals surface area (Å²) in [5, 5.41) is 11.1. The van der Waals surface area contributed by atoms with Crippen LogP contribution < -0.4 is 4.90 Å². The van der Waals surface area contributed by atoms with Gasteiger partial charge in [-0.15, -0.1) is 0 Å². The summed E-state index contributed by atoms with van der Waals surface area (Å²) in [5.41, 5.74) is 5.53. The lowest BCUT2D eigenvalue weighted by molar-refractivity contribution is -0.122. The van der Waals surface area contributed by atoms with Crippen LogP contribution in [0, 0.1) is 0 Å². The van der Waals surface area contributed by atoms with Gasteiger partial charge in [0.1, 0.15) is 11.6 Å². The maximum absolute atomic E-state index is 12.9. The van der Waals surface area contributed by atoms with Crippen molar-refractivity contribution >= 4 is 22.6 Å². The number of imidazole rings is 1. The van der Waals surface area contributed by atoms with Crippen molar-refractivity contribution in [3.8, 4) is 17.1 Å². The van der Waals surface area contributed by atoms with E-state index >= 15 is 0 Å². The highest BCUT2D eigenvalue weighted by atomic mass is 16.3. The first kappa shape index (κ1) is 22.4. The third-order valence-electron chi connectivity index (χ3n) is 6.66. The number of hydrogen-bond acceptors (Lipinski definition) is 3. The topological polar surface area (TPSA) is 69.2 Å². The molecule has 2 aromatic carbocycles. The van der Waals surface area contributed by atoms with Gasteiger partial charge in [-0.3, -0.25) is 4.79 Å². The number of likely N-dealkylation sites (N-methyl/N-ethyl adjacent to an activating group) is 1. The number of carbonyl (C=O) groups excluding carboxylic acids is 1. The van der Waals surface area contributed by atoms with Gasteiger partial charge < -0.3 is 15.0 Å². The first-order valence-electron chi connectivity index (χ1n) is 11.4. The Bertz CT molecular complexity index is 1200. The average molecular weight is 434 g/mol. The van der Waals surface area contributed by atoms with Gasteiger partial charge in [-0.1, -0.05) is 41.5 Å². The molecule has 1 aliphatic heterocycles. The third-order valence-corrected chi connectivity index (χ3v) is 6.66. The van der Waals surface area contributed by atoms with Crippen molar-refractivity contribution in [2.75, 3.05) is 11.4 Å². The lowest BCUT2D eigenvalue weighted by Crippen LogP contribution is -2.35. The van der Waals surface area contributed by atoms with E-state index in [1.54, 1.807) is 0 Å². The fourth-order valence-corrected chi connectivity index (χ4v) is 4.70. The standard InChI is InChI=1S/C27H35N3O2/c1-10-30-21-14-20-19(13-16(21)27(8,9)24(30)32)28-23(29-20)15-11-17(25(2,3)4)22(31)18(12-15)26(5,6)7/h11-14,31H,10H2,1-9H3,(H,28,29). The molecule has 1 aliphatic rings. The maximum Gasteiger partial charge on any atom is 0.237 e. The van der Waals surface area contributed by atoms with Gasteiger partial charge in [-0.05, 0) is 61.4 Å². The molecule has 1 aromatic heterocycles. The van der Waals surface area contributed by atoms with Crippen LogP contribution in [0.15, 0.2) is 24.3 Å². The molecule has 0 aliphatic carbocycles. The zero-order chi connectivity index (χ0) is 23.8. The molecular formula is C27H35N3O2. The molecule has 0 spiro atoms. The fourth-order valence-electron chi connectivity index (χ4n) is 4.70. The van der Waals surface area contributed by atoms with Gasteiger partial charge in [0.05, 0.1) is 22.1 Å². The third kappa shape index (κ3) is 3.30. The van der Waals surface area contributed by atoms with Gasteiger partial charge in [0.15, 0.2) is 0 Å². The minimum atomic E-state index is -0.560. The number of phenols is 1. The molecule has 0 saturated carbocycles. The summed E-state index contributed by atoms with van der Waals surface area (Å²) in [6.07, 6.45) is 0. The number of fused-ring (bicyclic) bond motifs is 2. The second-order valence-electron chi connectivity index (χ2n) is 11.6. The first-order valence-corrected chi connectivity index (χ1v) is 11.4. The van der Waals surface area contributed by atoms with Crippen LogP contribution in [-0.4, -0.2) is 27.5 Å². The van der Waals surface area contributed by atoms with E-state index in [9.17, 15) is 9.90 Å². The monoisotopic (exact) mass is 433 g/mol. The predicted molar refractivity (Wildman–Crippen MR) is 132 cm³/mol. The Morgan fingerprint density at radius 3 is 2.06 bits per heavy atom. The molecule has 170 valence electrons. The molecule has 3 aromatic rings. The Labute approximate surface area is 190 Å². The number of amides is 1. The number of anilines is 1. The van der Waals surface area contributed by atoms with E-state index < -0.39 is 5.41 Å². The van der Waals surface area contributed by atoms with E-state index in [0.717, 1.165) is 44.8 Å². The number of rotatable bonds is 2. The van der Waals surface area contributed by atoms with E-state index in [2.05, 4.69) is 46.5 Å². The predicted octanol–water partition coefficient (Wildman–Crippen LogP) is 6.17. The van der Waals surface area contributed by atoms with Crippen LogP contribution in [0.25, 0.3) is 22.4 Å². The molecule has 0 unspecified atom stereocenters. The number of aromatic nitrogens is 2. The molecule has 32 heavy (non-hydrogen) atoms. The molecule has 0 radical (unpaired) electrons. The van der Waals surface area contributed by atoms with Gasteiger partial charge in [0.2, 0.25) is 5.91 Å². The molecule has 0 fully saturated rings. The smallest absolute Gasteiger partial charge is 0.237 e. The fraction of sp³-hybridized carbons (Fsp3) is 0.481. The molecular weight excluding hydrogens is 398 g/mol. The Balaban J connectivity index is 1.93. The van der Waals surface area contributed by atoms with Crippen molar-refractivity contribution in [3.63, 3.8) is 0 Å². The van der Waals surface area contributed by atoms with Crippen LogP contribution in [0.4, 0.5) is 5.69 Å². The van der Waals surface area contributed by atoms with Gasteiger partial charge >= 0.3 is 0 Å². The molecule has 0 atom stereocenters. The average Bonchev–Trinajstić information content (AvgIpc) is 3.16. The van der Waals surface area contributed by atoms with Crippen LogP contribution in [-0.2, 0) is 21.0 Å². The minimum Gasteiger partial charge on any atom is -0.507 e. The largest absolute Gasteiger partial charge is 0.507 e. The number of nitrogens with zero attached hydrogens (tertiary/aromatic N) is 2. The second-order valence-corrected chi connectivity index (χ2v) is 11.6. The molecule has 0 saturated heterocycles. The van der Waals surface area contributed by atoms with E-state index in [0.29, 0.717) is 12.3 Å². The summed E-state index contributed by atoms with van der Waals surface area (Å²) in [4.78, 5) is 23.1. The zero-order valence-electron chi connectivity index (χ0n) is 20.8. The van der Waals surface area contributed by atoms with E-state index in [1.165, 1.54) is 0 Å². The molecule has 5 nitrogen and oxygen atoms in total. The number of hydrogen-bond donors (Lipinski definition) is 2. The molecule has 4 rings (SSSR count). The molecule has 0 bridgehead atoms. The van der Waals surface area contributed by atoms with Gasteiger partial charge in [-0.25, -0.2) is 4.98 Å². The Morgan fingerprint density at radius 2 is 1.56 bits per heavy atom. The lowest BCUT2D eigenvalue weighted by atomic mass is 9.78. The highest BCUT2D eigenvalue weighted by Crippen LogP contribution is 2.45. The Morgan fingerprint density at radius 1 is 1.00 bits per heavy atom. The molecule has 2 N–H and O–H groups in total. The van der Waals surface area contributed by atoms with Crippen molar-refractivity contribution in [1.29, 1.82) is 0 Å². The summed E-state index contributed by atoms with van der Waals surface area (Å²) in [6, 6.07) is 8.19. The first-order chi connectivity index (χ1) is 14.7. The van der Waals surface area contributed by atoms with Crippen LogP contribution in [0.2, 0.25) is 0 Å². The van der Waals surface area contributed by atoms with Crippen molar-refractivity contribution in [1.82, 2.24) is 9.97 Å². The normalized spacial score (nSPS) is 16.2.